The van der Waals surface area contributed by atoms with Gasteiger partial charge in [-0.25, -0.2) is 0 Å². The van der Waals surface area contributed by atoms with Crippen molar-refractivity contribution in [1.82, 2.24) is 10.6 Å². The Balaban J connectivity index is 0.00000176. The molecular formula is C16H30IN3O2. The minimum atomic E-state index is 0. The van der Waals surface area contributed by atoms with Crippen LogP contribution in [0.15, 0.2) is 4.99 Å². The first-order chi connectivity index (χ1) is 10.1. The molecule has 1 saturated carbocycles. The maximum atomic E-state index is 5.96. The molecule has 0 radical (unpaired) electrons. The summed E-state index contributed by atoms with van der Waals surface area (Å²) in [5, 5.41) is 7.10. The van der Waals surface area contributed by atoms with Gasteiger partial charge in [-0.05, 0) is 19.3 Å². The second-order valence-corrected chi connectivity index (χ2v) is 7.22. The summed E-state index contributed by atoms with van der Waals surface area (Å²) in [6.07, 6.45) is 4.00. The number of ether oxygens (including phenoxy) is 2. The van der Waals surface area contributed by atoms with Crippen molar-refractivity contribution in [1.29, 1.82) is 0 Å². The lowest BCUT2D eigenvalue weighted by Crippen LogP contribution is -2.71. The van der Waals surface area contributed by atoms with E-state index in [1.54, 1.807) is 0 Å². The number of halogens is 1. The summed E-state index contributed by atoms with van der Waals surface area (Å²) < 4.78 is 11.4. The van der Waals surface area contributed by atoms with Gasteiger partial charge in [0.25, 0.3) is 0 Å². The molecule has 0 spiro atoms. The number of hydrogen-bond donors (Lipinski definition) is 2. The largest absolute Gasteiger partial charge is 0.381 e. The van der Waals surface area contributed by atoms with Crippen LogP contribution < -0.4 is 10.6 Å². The third-order valence-corrected chi connectivity index (χ3v) is 5.43. The molecule has 0 aromatic rings. The van der Waals surface area contributed by atoms with E-state index >= 15 is 0 Å². The number of fused-ring (bicyclic) bond motifs is 1. The molecule has 0 aromatic heterocycles. The topological polar surface area (TPSA) is 54.9 Å². The number of nitrogens with one attached hydrogen (secondary N) is 2. The highest BCUT2D eigenvalue weighted by Gasteiger charge is 2.58. The fourth-order valence-electron chi connectivity index (χ4n) is 4.14. The molecular weight excluding hydrogens is 393 g/mol. The summed E-state index contributed by atoms with van der Waals surface area (Å²) in [7, 11) is 1.85. The van der Waals surface area contributed by atoms with Crippen LogP contribution in [0, 0.1) is 17.3 Å². The first-order valence-corrected chi connectivity index (χ1v) is 8.29. The average molecular weight is 423 g/mol. The monoisotopic (exact) mass is 423 g/mol. The third kappa shape index (κ3) is 3.53. The fourth-order valence-corrected chi connectivity index (χ4v) is 4.14. The van der Waals surface area contributed by atoms with Gasteiger partial charge in [-0.1, -0.05) is 13.8 Å². The Morgan fingerprint density at radius 3 is 2.77 bits per heavy atom. The molecule has 2 N–H and O–H groups in total. The number of nitrogens with zero attached hydrogens (tertiary/aromatic N) is 1. The van der Waals surface area contributed by atoms with Gasteiger partial charge in [-0.3, -0.25) is 4.99 Å². The van der Waals surface area contributed by atoms with Gasteiger partial charge in [0.2, 0.25) is 0 Å². The number of rotatable bonds is 3. The van der Waals surface area contributed by atoms with Crippen LogP contribution >= 0.6 is 24.0 Å². The molecule has 5 nitrogen and oxygen atoms in total. The molecule has 0 aromatic carbocycles. The van der Waals surface area contributed by atoms with E-state index in [0.29, 0.717) is 24.0 Å². The van der Waals surface area contributed by atoms with Crippen LogP contribution in [-0.4, -0.2) is 51.5 Å². The van der Waals surface area contributed by atoms with Crippen molar-refractivity contribution in [2.75, 3.05) is 33.4 Å². The Hall–Kier alpha value is -0.0800. The van der Waals surface area contributed by atoms with E-state index in [1.807, 2.05) is 7.05 Å². The van der Waals surface area contributed by atoms with Crippen LogP contribution in [0.4, 0.5) is 0 Å². The summed E-state index contributed by atoms with van der Waals surface area (Å²) in [6.45, 7) is 8.24. The summed E-state index contributed by atoms with van der Waals surface area (Å²) >= 11 is 0. The summed E-state index contributed by atoms with van der Waals surface area (Å²) in [4.78, 5) is 4.39. The van der Waals surface area contributed by atoms with Crippen molar-refractivity contribution in [3.63, 3.8) is 0 Å². The van der Waals surface area contributed by atoms with Gasteiger partial charge in [-0.15, -0.1) is 24.0 Å². The van der Waals surface area contributed by atoms with E-state index in [0.717, 1.165) is 38.7 Å². The Morgan fingerprint density at radius 2 is 2.09 bits per heavy atom. The van der Waals surface area contributed by atoms with Crippen LogP contribution in [0.2, 0.25) is 0 Å². The Labute approximate surface area is 151 Å². The van der Waals surface area contributed by atoms with E-state index < -0.39 is 0 Å². The van der Waals surface area contributed by atoms with Crippen LogP contribution in [0.25, 0.3) is 0 Å². The molecule has 4 atom stereocenters. The highest BCUT2D eigenvalue weighted by molar-refractivity contribution is 14.0. The van der Waals surface area contributed by atoms with Crippen molar-refractivity contribution in [2.45, 2.75) is 45.3 Å². The lowest BCUT2D eigenvalue weighted by atomic mass is 9.55. The predicted molar refractivity (Wildman–Crippen MR) is 98.9 cm³/mol. The second kappa shape index (κ2) is 7.66. The van der Waals surface area contributed by atoms with Gasteiger partial charge >= 0.3 is 0 Å². The smallest absolute Gasteiger partial charge is 0.191 e. The van der Waals surface area contributed by atoms with Gasteiger partial charge in [0.05, 0.1) is 12.7 Å². The number of hydrogen-bond acceptors (Lipinski definition) is 3. The Bertz CT molecular complexity index is 397. The molecule has 4 unspecified atom stereocenters. The summed E-state index contributed by atoms with van der Waals surface area (Å²) in [5.74, 6) is 2.16. The van der Waals surface area contributed by atoms with E-state index in [-0.39, 0.29) is 29.4 Å². The Kier molecular flexibility index (Phi) is 6.36. The van der Waals surface area contributed by atoms with E-state index in [1.165, 1.54) is 12.8 Å². The maximum absolute atomic E-state index is 5.96. The first kappa shape index (κ1) is 18.3. The van der Waals surface area contributed by atoms with Crippen LogP contribution in [0.5, 0.6) is 0 Å². The summed E-state index contributed by atoms with van der Waals surface area (Å²) in [5.41, 5.74) is 0.180. The maximum Gasteiger partial charge on any atom is 0.191 e. The highest BCUT2D eigenvalue weighted by Crippen LogP contribution is 2.51. The zero-order valence-electron chi connectivity index (χ0n) is 13.9. The van der Waals surface area contributed by atoms with E-state index in [9.17, 15) is 0 Å². The average Bonchev–Trinajstić information content (AvgIpc) is 3.00. The minimum Gasteiger partial charge on any atom is -0.381 e. The lowest BCUT2D eigenvalue weighted by molar-refractivity contribution is -0.188. The molecule has 2 heterocycles. The summed E-state index contributed by atoms with van der Waals surface area (Å²) in [6, 6.07) is 0.453. The van der Waals surface area contributed by atoms with E-state index in [4.69, 9.17) is 9.47 Å². The number of aliphatic imine (C=N–C) groups is 1. The van der Waals surface area contributed by atoms with Crippen molar-refractivity contribution >= 4 is 29.9 Å². The predicted octanol–water partition coefficient (Wildman–Crippen LogP) is 2.01. The van der Waals surface area contributed by atoms with Crippen molar-refractivity contribution < 1.29 is 9.47 Å². The molecule has 1 aliphatic carbocycles. The van der Waals surface area contributed by atoms with E-state index in [2.05, 4.69) is 29.5 Å². The van der Waals surface area contributed by atoms with Gasteiger partial charge in [-0.2, -0.15) is 0 Å². The van der Waals surface area contributed by atoms with Gasteiger partial charge < -0.3 is 20.1 Å². The molecule has 0 bridgehead atoms. The number of guanidine groups is 1. The third-order valence-electron chi connectivity index (χ3n) is 5.43. The molecule has 6 heteroatoms. The molecule has 0 amide bonds. The molecule has 3 aliphatic rings. The SMILES string of the molecule is CN=C(NCC1CCOC1)NC1C2CCCOC2C1(C)C.I. The normalized spacial score (nSPS) is 36.8. The lowest BCUT2D eigenvalue weighted by Gasteiger charge is -2.60. The zero-order valence-corrected chi connectivity index (χ0v) is 16.3. The zero-order chi connectivity index (χ0) is 14.9. The molecule has 128 valence electrons. The van der Waals surface area contributed by atoms with Crippen LogP contribution in [0.1, 0.15) is 33.1 Å². The van der Waals surface area contributed by atoms with Crippen molar-refractivity contribution in [2.24, 2.45) is 22.2 Å². The van der Waals surface area contributed by atoms with Gasteiger partial charge in [0.1, 0.15) is 0 Å². The first-order valence-electron chi connectivity index (χ1n) is 8.29. The van der Waals surface area contributed by atoms with Crippen LogP contribution in [0.3, 0.4) is 0 Å². The Morgan fingerprint density at radius 1 is 1.27 bits per heavy atom. The van der Waals surface area contributed by atoms with Crippen LogP contribution in [-0.2, 0) is 9.47 Å². The van der Waals surface area contributed by atoms with Crippen molar-refractivity contribution in [3.8, 4) is 0 Å². The van der Waals surface area contributed by atoms with Gasteiger partial charge in [0, 0.05) is 50.1 Å². The molecule has 3 rings (SSSR count). The standard InChI is InChI=1S/C16H29N3O2.HI/c1-16(2)13(12-5-4-7-21-14(12)16)19-15(17-3)18-9-11-6-8-20-10-11;/h11-14H,4-10H2,1-3H3,(H2,17,18,19);1H. The fraction of sp³-hybridized carbons (Fsp3) is 0.938. The molecule has 3 fully saturated rings. The minimum absolute atomic E-state index is 0. The quantitative estimate of drug-likeness (QED) is 0.414. The highest BCUT2D eigenvalue weighted by atomic mass is 127. The molecule has 2 aliphatic heterocycles. The molecule has 2 saturated heterocycles. The van der Waals surface area contributed by atoms with Gasteiger partial charge in [0.15, 0.2) is 5.96 Å². The van der Waals surface area contributed by atoms with Crippen molar-refractivity contribution in [3.05, 3.63) is 0 Å². The molecule has 22 heavy (non-hydrogen) atoms. The second-order valence-electron chi connectivity index (χ2n) is 7.22.